The Labute approximate surface area is 81.5 Å². The molecule has 2 rings (SSSR count). The summed E-state index contributed by atoms with van der Waals surface area (Å²) in [4.78, 5) is 0. The van der Waals surface area contributed by atoms with Gasteiger partial charge in [-0.25, -0.2) is 0 Å². The molecule has 2 saturated carbocycles. The van der Waals surface area contributed by atoms with Gasteiger partial charge in [0.15, 0.2) is 0 Å². The van der Waals surface area contributed by atoms with Gasteiger partial charge in [0.1, 0.15) is 0 Å². The van der Waals surface area contributed by atoms with Crippen LogP contribution in [0.5, 0.6) is 0 Å². The standard InChI is InChI=1S/C12H22O/c1-2-9-4-3-5-10(6-9)12-7-11(12)8-13/h9-13H,2-8H2,1H3. The highest BCUT2D eigenvalue weighted by Crippen LogP contribution is 2.50. The second-order valence-electron chi connectivity index (χ2n) is 5.04. The molecule has 0 aromatic carbocycles. The zero-order valence-electron chi connectivity index (χ0n) is 8.71. The van der Waals surface area contributed by atoms with Gasteiger partial charge in [0.2, 0.25) is 0 Å². The molecule has 0 amide bonds. The van der Waals surface area contributed by atoms with E-state index in [0.717, 1.165) is 17.8 Å². The highest BCUT2D eigenvalue weighted by atomic mass is 16.3. The van der Waals surface area contributed by atoms with Gasteiger partial charge in [0.05, 0.1) is 0 Å². The number of aliphatic hydroxyl groups excluding tert-OH is 1. The van der Waals surface area contributed by atoms with Crippen molar-refractivity contribution in [3.05, 3.63) is 0 Å². The first kappa shape index (κ1) is 9.51. The van der Waals surface area contributed by atoms with E-state index < -0.39 is 0 Å². The molecule has 2 aliphatic rings. The Morgan fingerprint density at radius 2 is 2.08 bits per heavy atom. The van der Waals surface area contributed by atoms with Crippen molar-refractivity contribution >= 4 is 0 Å². The van der Waals surface area contributed by atoms with Gasteiger partial charge in [-0.3, -0.25) is 0 Å². The highest BCUT2D eigenvalue weighted by molar-refractivity contribution is 4.92. The van der Waals surface area contributed by atoms with Gasteiger partial charge in [0.25, 0.3) is 0 Å². The average molecular weight is 182 g/mol. The number of hydrogen-bond donors (Lipinski definition) is 1. The van der Waals surface area contributed by atoms with Gasteiger partial charge < -0.3 is 5.11 Å². The van der Waals surface area contributed by atoms with Gasteiger partial charge >= 0.3 is 0 Å². The highest BCUT2D eigenvalue weighted by Gasteiger charge is 2.43. The summed E-state index contributed by atoms with van der Waals surface area (Å²) in [7, 11) is 0. The number of rotatable bonds is 3. The summed E-state index contributed by atoms with van der Waals surface area (Å²) in [6, 6.07) is 0. The first-order valence-corrected chi connectivity index (χ1v) is 5.96. The topological polar surface area (TPSA) is 20.2 Å². The average Bonchev–Trinajstić information content (AvgIpc) is 2.97. The summed E-state index contributed by atoms with van der Waals surface area (Å²) in [6.45, 7) is 2.77. The lowest BCUT2D eigenvalue weighted by atomic mass is 9.77. The zero-order valence-corrected chi connectivity index (χ0v) is 8.71. The van der Waals surface area contributed by atoms with Crippen molar-refractivity contribution in [2.45, 2.75) is 45.4 Å². The minimum absolute atomic E-state index is 0.442. The fraction of sp³-hybridized carbons (Fsp3) is 1.00. The van der Waals surface area contributed by atoms with Crippen molar-refractivity contribution in [3.63, 3.8) is 0 Å². The molecule has 0 aromatic rings. The summed E-state index contributed by atoms with van der Waals surface area (Å²) < 4.78 is 0. The van der Waals surface area contributed by atoms with E-state index in [-0.39, 0.29) is 0 Å². The van der Waals surface area contributed by atoms with Crippen LogP contribution in [0.25, 0.3) is 0 Å². The van der Waals surface area contributed by atoms with Crippen LogP contribution in [-0.2, 0) is 0 Å². The molecule has 0 spiro atoms. The first-order valence-electron chi connectivity index (χ1n) is 5.96. The third-order valence-corrected chi connectivity index (χ3v) is 4.22. The molecule has 0 bridgehead atoms. The van der Waals surface area contributed by atoms with E-state index in [1.807, 2.05) is 0 Å². The van der Waals surface area contributed by atoms with Crippen LogP contribution in [0.4, 0.5) is 0 Å². The molecule has 0 aromatic heterocycles. The lowest BCUT2D eigenvalue weighted by molar-refractivity contribution is 0.209. The second kappa shape index (κ2) is 4.00. The quantitative estimate of drug-likeness (QED) is 0.711. The molecule has 1 heteroatoms. The monoisotopic (exact) mass is 182 g/mol. The maximum atomic E-state index is 9.03. The molecule has 0 radical (unpaired) electrons. The van der Waals surface area contributed by atoms with E-state index >= 15 is 0 Å². The van der Waals surface area contributed by atoms with Crippen LogP contribution >= 0.6 is 0 Å². The van der Waals surface area contributed by atoms with E-state index in [4.69, 9.17) is 5.11 Å². The fourth-order valence-electron chi connectivity index (χ4n) is 3.15. The molecule has 0 aliphatic heterocycles. The van der Waals surface area contributed by atoms with Crippen molar-refractivity contribution in [1.29, 1.82) is 0 Å². The van der Waals surface area contributed by atoms with Gasteiger partial charge in [0, 0.05) is 6.61 Å². The van der Waals surface area contributed by atoms with Crippen molar-refractivity contribution in [1.82, 2.24) is 0 Å². The maximum Gasteiger partial charge on any atom is 0.0462 e. The summed E-state index contributed by atoms with van der Waals surface area (Å²) >= 11 is 0. The van der Waals surface area contributed by atoms with E-state index in [0.29, 0.717) is 12.5 Å². The van der Waals surface area contributed by atoms with Gasteiger partial charge in [-0.2, -0.15) is 0 Å². The molecule has 76 valence electrons. The number of hydrogen-bond acceptors (Lipinski definition) is 1. The summed E-state index contributed by atoms with van der Waals surface area (Å²) in [5.74, 6) is 3.55. The van der Waals surface area contributed by atoms with Crippen LogP contribution in [0, 0.1) is 23.7 Å². The largest absolute Gasteiger partial charge is 0.396 e. The van der Waals surface area contributed by atoms with Crippen LogP contribution in [0.1, 0.15) is 45.4 Å². The summed E-state index contributed by atoms with van der Waals surface area (Å²) in [5.41, 5.74) is 0. The minimum Gasteiger partial charge on any atom is -0.396 e. The lowest BCUT2D eigenvalue weighted by Crippen LogP contribution is -2.17. The van der Waals surface area contributed by atoms with Crippen molar-refractivity contribution in [3.8, 4) is 0 Å². The molecular weight excluding hydrogens is 160 g/mol. The summed E-state index contributed by atoms with van der Waals surface area (Å²) in [5, 5.41) is 9.03. The molecule has 4 atom stereocenters. The molecule has 0 saturated heterocycles. The molecule has 1 N–H and O–H groups in total. The minimum atomic E-state index is 0.442. The van der Waals surface area contributed by atoms with Crippen LogP contribution in [0.15, 0.2) is 0 Å². The van der Waals surface area contributed by atoms with Crippen molar-refractivity contribution < 1.29 is 5.11 Å². The lowest BCUT2D eigenvalue weighted by Gasteiger charge is -2.28. The second-order valence-corrected chi connectivity index (χ2v) is 5.04. The van der Waals surface area contributed by atoms with Crippen LogP contribution in [-0.4, -0.2) is 11.7 Å². The summed E-state index contributed by atoms with van der Waals surface area (Å²) in [6.07, 6.45) is 8.49. The molecule has 13 heavy (non-hydrogen) atoms. The van der Waals surface area contributed by atoms with Crippen molar-refractivity contribution in [2.24, 2.45) is 23.7 Å². The molecule has 4 unspecified atom stereocenters. The Morgan fingerprint density at radius 1 is 1.23 bits per heavy atom. The Morgan fingerprint density at radius 3 is 2.69 bits per heavy atom. The van der Waals surface area contributed by atoms with Gasteiger partial charge in [-0.15, -0.1) is 0 Å². The predicted molar refractivity (Wildman–Crippen MR) is 54.4 cm³/mol. The SMILES string of the molecule is CCC1CCCC(C2CC2CO)C1. The van der Waals surface area contributed by atoms with E-state index in [1.54, 1.807) is 0 Å². The Bertz CT molecular complexity index is 167. The fourth-order valence-corrected chi connectivity index (χ4v) is 3.15. The first-order chi connectivity index (χ1) is 6.35. The molecular formula is C12H22O. The predicted octanol–water partition coefficient (Wildman–Crippen LogP) is 2.83. The smallest absolute Gasteiger partial charge is 0.0462 e. The Balaban J connectivity index is 1.80. The van der Waals surface area contributed by atoms with Gasteiger partial charge in [-0.05, 0) is 36.5 Å². The number of aliphatic hydroxyl groups is 1. The van der Waals surface area contributed by atoms with Crippen molar-refractivity contribution in [2.75, 3.05) is 6.61 Å². The normalized spacial score (nSPS) is 44.8. The van der Waals surface area contributed by atoms with Crippen LogP contribution in [0.2, 0.25) is 0 Å². The molecule has 0 heterocycles. The molecule has 1 nitrogen and oxygen atoms in total. The van der Waals surface area contributed by atoms with Crippen LogP contribution in [0.3, 0.4) is 0 Å². The molecule has 2 aliphatic carbocycles. The zero-order chi connectivity index (χ0) is 9.26. The van der Waals surface area contributed by atoms with E-state index in [1.165, 1.54) is 38.5 Å². The maximum absolute atomic E-state index is 9.03. The molecule has 2 fully saturated rings. The van der Waals surface area contributed by atoms with Gasteiger partial charge in [-0.1, -0.05) is 32.6 Å². The van der Waals surface area contributed by atoms with E-state index in [2.05, 4.69) is 6.92 Å². The Kier molecular flexibility index (Phi) is 2.92. The third-order valence-electron chi connectivity index (χ3n) is 4.22. The van der Waals surface area contributed by atoms with E-state index in [9.17, 15) is 0 Å². The van der Waals surface area contributed by atoms with Crippen LogP contribution < -0.4 is 0 Å². The third kappa shape index (κ3) is 2.07. The Hall–Kier alpha value is -0.0400.